The lowest BCUT2D eigenvalue weighted by atomic mass is 9.93. The largest absolute Gasteiger partial charge is 0.465 e. The van der Waals surface area contributed by atoms with E-state index in [-0.39, 0.29) is 19.6 Å². The Labute approximate surface area is 105 Å². The lowest BCUT2D eigenvalue weighted by Crippen LogP contribution is -2.39. The molecule has 18 heavy (non-hydrogen) atoms. The summed E-state index contributed by atoms with van der Waals surface area (Å²) in [6.07, 6.45) is 0.817. The van der Waals surface area contributed by atoms with Crippen molar-refractivity contribution in [2.24, 2.45) is 5.41 Å². The zero-order chi connectivity index (χ0) is 14.0. The van der Waals surface area contributed by atoms with Crippen molar-refractivity contribution in [3.8, 4) is 0 Å². The molecular formula is C11H18O7. The highest BCUT2D eigenvalue weighted by Gasteiger charge is 2.30. The number of rotatable bonds is 9. The fourth-order valence-electron chi connectivity index (χ4n) is 0.887. The minimum atomic E-state index is -1.26. The Bertz CT molecular complexity index is 275. The lowest BCUT2D eigenvalue weighted by molar-refractivity contribution is -0.153. The van der Waals surface area contributed by atoms with E-state index >= 15 is 0 Å². The third-order valence-electron chi connectivity index (χ3n) is 2.26. The molecule has 0 aliphatic heterocycles. The fraction of sp³-hybridized carbons (Fsp3) is 0.636. The molecule has 0 aliphatic carbocycles. The molecule has 0 aliphatic rings. The van der Waals surface area contributed by atoms with Gasteiger partial charge in [0.05, 0.1) is 31.7 Å². The number of aliphatic hydroxyl groups is 3. The van der Waals surface area contributed by atoms with Crippen LogP contribution in [0, 0.1) is 5.41 Å². The van der Waals surface area contributed by atoms with Crippen LogP contribution >= 0.6 is 0 Å². The van der Waals surface area contributed by atoms with Gasteiger partial charge in [0.15, 0.2) is 0 Å². The molecule has 0 amide bonds. The Morgan fingerprint density at radius 2 is 1.67 bits per heavy atom. The van der Waals surface area contributed by atoms with Crippen molar-refractivity contribution in [3.05, 3.63) is 12.7 Å². The minimum Gasteiger partial charge on any atom is -0.465 e. The Balaban J connectivity index is 3.95. The smallest absolute Gasteiger partial charge is 0.330 e. The molecule has 0 aromatic heterocycles. The normalized spacial score (nSPS) is 10.8. The van der Waals surface area contributed by atoms with Crippen molar-refractivity contribution in [3.63, 3.8) is 0 Å². The first kappa shape index (κ1) is 16.6. The van der Waals surface area contributed by atoms with Crippen LogP contribution in [0.3, 0.4) is 0 Å². The van der Waals surface area contributed by atoms with E-state index < -0.39 is 37.2 Å². The first-order valence-electron chi connectivity index (χ1n) is 5.31. The van der Waals surface area contributed by atoms with Crippen molar-refractivity contribution in [1.29, 1.82) is 0 Å². The van der Waals surface area contributed by atoms with Gasteiger partial charge in [-0.25, -0.2) is 4.79 Å². The number of carbonyl (C=O) groups is 2. The maximum Gasteiger partial charge on any atom is 0.330 e. The van der Waals surface area contributed by atoms with Crippen LogP contribution in [0.5, 0.6) is 0 Å². The van der Waals surface area contributed by atoms with E-state index in [9.17, 15) is 9.59 Å². The molecule has 7 heteroatoms. The summed E-state index contributed by atoms with van der Waals surface area (Å²) in [5.74, 6) is -1.30. The van der Waals surface area contributed by atoms with Crippen molar-refractivity contribution < 1.29 is 34.4 Å². The van der Waals surface area contributed by atoms with Crippen LogP contribution in [0.2, 0.25) is 0 Å². The molecule has 0 fully saturated rings. The monoisotopic (exact) mass is 262 g/mol. The molecule has 0 bridgehead atoms. The SMILES string of the molecule is C=CC(=O)OCCC(=O)OCC(CO)(CO)CO. The summed E-state index contributed by atoms with van der Waals surface area (Å²) < 4.78 is 9.33. The van der Waals surface area contributed by atoms with Crippen molar-refractivity contribution in [2.75, 3.05) is 33.0 Å². The molecule has 7 nitrogen and oxygen atoms in total. The number of ether oxygens (including phenoxy) is 2. The van der Waals surface area contributed by atoms with Gasteiger partial charge >= 0.3 is 11.9 Å². The summed E-state index contributed by atoms with van der Waals surface area (Å²) in [6.45, 7) is 1.18. The number of hydrogen-bond donors (Lipinski definition) is 3. The number of aliphatic hydroxyl groups excluding tert-OH is 3. The molecule has 0 spiro atoms. The van der Waals surface area contributed by atoms with Gasteiger partial charge in [0.25, 0.3) is 0 Å². The van der Waals surface area contributed by atoms with Crippen molar-refractivity contribution >= 4 is 11.9 Å². The first-order valence-corrected chi connectivity index (χ1v) is 5.31. The second kappa shape index (κ2) is 8.62. The molecule has 0 unspecified atom stereocenters. The number of esters is 2. The predicted octanol–water partition coefficient (Wildman–Crippen LogP) is -1.39. The maximum atomic E-state index is 11.2. The summed E-state index contributed by atoms with van der Waals surface area (Å²) in [5.41, 5.74) is -1.26. The van der Waals surface area contributed by atoms with Gasteiger partial charge in [-0.3, -0.25) is 4.79 Å². The minimum absolute atomic E-state index is 0.145. The molecule has 0 aromatic carbocycles. The van der Waals surface area contributed by atoms with Gasteiger partial charge in [-0.2, -0.15) is 0 Å². The summed E-state index contributed by atoms with van der Waals surface area (Å²) in [4.78, 5) is 21.9. The molecular weight excluding hydrogens is 244 g/mol. The number of hydrogen-bond acceptors (Lipinski definition) is 7. The number of carbonyl (C=O) groups excluding carboxylic acids is 2. The molecule has 0 aromatic rings. The van der Waals surface area contributed by atoms with Gasteiger partial charge in [0, 0.05) is 6.08 Å². The molecule has 0 radical (unpaired) electrons. The van der Waals surface area contributed by atoms with E-state index in [1.165, 1.54) is 0 Å². The topological polar surface area (TPSA) is 113 Å². The Morgan fingerprint density at radius 1 is 1.11 bits per heavy atom. The molecule has 0 heterocycles. The Morgan fingerprint density at radius 3 is 2.11 bits per heavy atom. The third kappa shape index (κ3) is 5.76. The fourth-order valence-corrected chi connectivity index (χ4v) is 0.887. The standard InChI is InChI=1S/C11H18O7/c1-2-9(15)17-4-3-10(16)18-8-11(5-12,6-13)7-14/h2,12-14H,1,3-8H2. The highest BCUT2D eigenvalue weighted by atomic mass is 16.5. The second-order valence-electron chi connectivity index (χ2n) is 3.76. The van der Waals surface area contributed by atoms with Crippen LogP contribution in [0.15, 0.2) is 12.7 Å². The zero-order valence-electron chi connectivity index (χ0n) is 10.0. The van der Waals surface area contributed by atoms with Crippen molar-refractivity contribution in [1.82, 2.24) is 0 Å². The summed E-state index contributed by atoms with van der Waals surface area (Å²) in [5, 5.41) is 26.9. The van der Waals surface area contributed by atoms with E-state index in [2.05, 4.69) is 11.3 Å². The summed E-state index contributed by atoms with van der Waals surface area (Å²) >= 11 is 0. The van der Waals surface area contributed by atoms with Gasteiger partial charge in [0.2, 0.25) is 0 Å². The average Bonchev–Trinajstić information content (AvgIpc) is 2.40. The van der Waals surface area contributed by atoms with E-state index in [0.29, 0.717) is 0 Å². The van der Waals surface area contributed by atoms with Crippen LogP contribution in [-0.2, 0) is 19.1 Å². The first-order chi connectivity index (χ1) is 8.53. The molecule has 104 valence electrons. The van der Waals surface area contributed by atoms with Gasteiger partial charge in [0.1, 0.15) is 13.2 Å². The van der Waals surface area contributed by atoms with Crippen LogP contribution in [0.1, 0.15) is 6.42 Å². The van der Waals surface area contributed by atoms with Crippen LogP contribution in [0.4, 0.5) is 0 Å². The van der Waals surface area contributed by atoms with Crippen LogP contribution < -0.4 is 0 Å². The van der Waals surface area contributed by atoms with E-state index in [1.807, 2.05) is 0 Å². The molecule has 0 saturated heterocycles. The van der Waals surface area contributed by atoms with E-state index in [4.69, 9.17) is 20.1 Å². The molecule has 0 rings (SSSR count). The van der Waals surface area contributed by atoms with Crippen LogP contribution in [0.25, 0.3) is 0 Å². The van der Waals surface area contributed by atoms with Crippen LogP contribution in [-0.4, -0.2) is 60.3 Å². The summed E-state index contributed by atoms with van der Waals surface area (Å²) in [7, 11) is 0. The van der Waals surface area contributed by atoms with Gasteiger partial charge in [-0.1, -0.05) is 6.58 Å². The average molecular weight is 262 g/mol. The maximum absolute atomic E-state index is 11.2. The Kier molecular flexibility index (Phi) is 7.93. The van der Waals surface area contributed by atoms with Gasteiger partial charge in [-0.15, -0.1) is 0 Å². The highest BCUT2D eigenvalue weighted by Crippen LogP contribution is 2.15. The predicted molar refractivity (Wildman–Crippen MR) is 60.4 cm³/mol. The molecule has 3 N–H and O–H groups in total. The molecule has 0 saturated carbocycles. The van der Waals surface area contributed by atoms with Crippen molar-refractivity contribution in [2.45, 2.75) is 6.42 Å². The molecule has 0 atom stereocenters. The second-order valence-corrected chi connectivity index (χ2v) is 3.76. The van der Waals surface area contributed by atoms with E-state index in [1.54, 1.807) is 0 Å². The van der Waals surface area contributed by atoms with Gasteiger partial charge < -0.3 is 24.8 Å². The van der Waals surface area contributed by atoms with Gasteiger partial charge in [-0.05, 0) is 0 Å². The zero-order valence-corrected chi connectivity index (χ0v) is 10.0. The quantitative estimate of drug-likeness (QED) is 0.346. The third-order valence-corrected chi connectivity index (χ3v) is 2.26. The highest BCUT2D eigenvalue weighted by molar-refractivity contribution is 5.81. The Hall–Kier alpha value is -1.44. The lowest BCUT2D eigenvalue weighted by Gasteiger charge is -2.26. The van der Waals surface area contributed by atoms with E-state index in [0.717, 1.165) is 6.08 Å². The summed E-state index contributed by atoms with van der Waals surface area (Å²) in [6, 6.07) is 0.